The molecule has 3 heteroatoms. The maximum atomic E-state index is 11.6. The van der Waals surface area contributed by atoms with Crippen LogP contribution in [0.15, 0.2) is 36.1 Å². The Kier molecular flexibility index (Phi) is 23.5. The van der Waals surface area contributed by atoms with Crippen LogP contribution in [-0.4, -0.2) is 19.1 Å². The van der Waals surface area contributed by atoms with Gasteiger partial charge in [-0.25, -0.2) is 0 Å². The molecule has 0 saturated heterocycles. The summed E-state index contributed by atoms with van der Waals surface area (Å²) in [4.78, 5) is 11.6. The van der Waals surface area contributed by atoms with Crippen LogP contribution in [-0.2, 0) is 9.53 Å². The Balaban J connectivity index is -0.000000919. The predicted octanol–water partition coefficient (Wildman–Crippen LogP) is 5.64. The van der Waals surface area contributed by atoms with Gasteiger partial charge >= 0.3 is 5.97 Å². The van der Waals surface area contributed by atoms with E-state index in [0.29, 0.717) is 6.61 Å². The fraction of sp³-hybridized carbons (Fsp3) is 0.650. The summed E-state index contributed by atoms with van der Waals surface area (Å²) in [6.45, 7) is 20.8. The minimum Gasteiger partial charge on any atom is -0.466 e. The van der Waals surface area contributed by atoms with Gasteiger partial charge in [0.1, 0.15) is 0 Å². The van der Waals surface area contributed by atoms with Gasteiger partial charge < -0.3 is 10.1 Å². The summed E-state index contributed by atoms with van der Waals surface area (Å²) < 4.78 is 5.05. The Morgan fingerprint density at radius 2 is 1.74 bits per heavy atom. The third kappa shape index (κ3) is 15.2. The third-order valence-electron chi connectivity index (χ3n) is 3.07. The van der Waals surface area contributed by atoms with Gasteiger partial charge in [-0.2, -0.15) is 0 Å². The number of esters is 1. The van der Waals surface area contributed by atoms with Crippen LogP contribution in [0.2, 0.25) is 0 Å². The number of carbonyl (C=O) groups is 1. The van der Waals surface area contributed by atoms with Crippen molar-refractivity contribution in [3.8, 4) is 0 Å². The molecule has 0 spiro atoms. The highest BCUT2D eigenvalue weighted by Crippen LogP contribution is 2.10. The van der Waals surface area contributed by atoms with Crippen molar-refractivity contribution < 1.29 is 9.53 Å². The number of rotatable bonds is 9. The molecule has 1 atom stereocenters. The zero-order valence-electron chi connectivity index (χ0n) is 16.7. The van der Waals surface area contributed by atoms with E-state index in [1.54, 1.807) is 6.08 Å². The number of hydrogen-bond acceptors (Lipinski definition) is 3. The summed E-state index contributed by atoms with van der Waals surface area (Å²) in [5.41, 5.74) is 2.29. The summed E-state index contributed by atoms with van der Waals surface area (Å²) >= 11 is 0. The second kappa shape index (κ2) is 20.5. The first-order chi connectivity index (χ1) is 11.1. The van der Waals surface area contributed by atoms with Crippen molar-refractivity contribution in [1.82, 2.24) is 5.32 Å². The highest BCUT2D eigenvalue weighted by Gasteiger charge is 2.16. The van der Waals surface area contributed by atoms with Crippen LogP contribution in [0.4, 0.5) is 0 Å². The molecule has 0 amide bonds. The van der Waals surface area contributed by atoms with E-state index in [2.05, 4.69) is 11.9 Å². The lowest BCUT2D eigenvalue weighted by Crippen LogP contribution is -2.23. The zero-order valence-corrected chi connectivity index (χ0v) is 16.7. The molecule has 0 aliphatic heterocycles. The quantitative estimate of drug-likeness (QED) is 0.440. The van der Waals surface area contributed by atoms with Crippen molar-refractivity contribution in [2.45, 2.75) is 68.2 Å². The number of hydrogen-bond donors (Lipinski definition) is 1. The van der Waals surface area contributed by atoms with Crippen LogP contribution in [0.5, 0.6) is 0 Å². The summed E-state index contributed by atoms with van der Waals surface area (Å²) in [5.74, 6) is -0.0963. The van der Waals surface area contributed by atoms with E-state index < -0.39 is 0 Å². The summed E-state index contributed by atoms with van der Waals surface area (Å²) in [7, 11) is 0. The Hall–Kier alpha value is -1.51. The molecule has 0 rings (SSSR count). The normalized spacial score (nSPS) is 12.0. The molecule has 0 aromatic heterocycles. The van der Waals surface area contributed by atoms with Crippen molar-refractivity contribution in [3.63, 3.8) is 0 Å². The number of allylic oxidation sites excluding steroid dienone is 5. The molecule has 0 bridgehead atoms. The molecule has 0 aromatic carbocycles. The second-order valence-corrected chi connectivity index (χ2v) is 4.48. The van der Waals surface area contributed by atoms with E-state index in [0.717, 1.165) is 25.1 Å². The molecule has 1 unspecified atom stereocenters. The molecular weight excluding hydrogens is 286 g/mol. The van der Waals surface area contributed by atoms with Gasteiger partial charge in [-0.05, 0) is 39.2 Å². The van der Waals surface area contributed by atoms with Gasteiger partial charge in [-0.3, -0.25) is 4.79 Å². The first-order valence-electron chi connectivity index (χ1n) is 8.93. The molecule has 1 N–H and O–H groups in total. The van der Waals surface area contributed by atoms with E-state index in [9.17, 15) is 4.79 Å². The molecule has 0 aromatic rings. The standard InChI is InChI=1S/C16H27NO2.2C2H6/c1-6-9-10-13(4)14(5)17-12-11-15(7-2)16(18)19-8-3;2*1-2/h6,9-10,15,17H,1,7-8,11-12H2,2-5H3;2*1-2H3/b10-9-,14-13+;;. The van der Waals surface area contributed by atoms with Gasteiger partial charge in [0.2, 0.25) is 0 Å². The monoisotopic (exact) mass is 325 g/mol. The predicted molar refractivity (Wildman–Crippen MR) is 103 cm³/mol. The minimum absolute atomic E-state index is 0.00993. The Morgan fingerprint density at radius 1 is 1.17 bits per heavy atom. The summed E-state index contributed by atoms with van der Waals surface area (Å²) in [6.07, 6.45) is 7.29. The van der Waals surface area contributed by atoms with E-state index in [1.165, 1.54) is 5.57 Å². The molecule has 0 heterocycles. The molecule has 0 radical (unpaired) electrons. The Labute approximate surface area is 144 Å². The Bertz CT molecular complexity index is 344. The fourth-order valence-corrected chi connectivity index (χ4v) is 1.66. The SMILES string of the molecule is C=C/C=C\C(C)=C(/C)NCCC(CC)C(=O)OCC.CC.CC. The van der Waals surface area contributed by atoms with Crippen molar-refractivity contribution in [2.24, 2.45) is 5.92 Å². The van der Waals surface area contributed by atoms with Gasteiger partial charge in [0, 0.05) is 12.2 Å². The molecule has 0 saturated carbocycles. The summed E-state index contributed by atoms with van der Waals surface area (Å²) in [5, 5.41) is 3.34. The second-order valence-electron chi connectivity index (χ2n) is 4.48. The van der Waals surface area contributed by atoms with Crippen LogP contribution in [0.3, 0.4) is 0 Å². The summed E-state index contributed by atoms with van der Waals surface area (Å²) in [6, 6.07) is 0. The van der Waals surface area contributed by atoms with Gasteiger partial charge in [0.25, 0.3) is 0 Å². The lowest BCUT2D eigenvalue weighted by Gasteiger charge is -2.15. The first kappa shape index (κ1) is 26.4. The van der Waals surface area contributed by atoms with Crippen LogP contribution in [0.25, 0.3) is 0 Å². The molecule has 23 heavy (non-hydrogen) atoms. The van der Waals surface area contributed by atoms with Crippen molar-refractivity contribution in [2.75, 3.05) is 13.2 Å². The van der Waals surface area contributed by atoms with Crippen LogP contribution in [0, 0.1) is 5.92 Å². The third-order valence-corrected chi connectivity index (χ3v) is 3.07. The van der Waals surface area contributed by atoms with E-state index in [1.807, 2.05) is 67.5 Å². The molecule has 3 nitrogen and oxygen atoms in total. The van der Waals surface area contributed by atoms with Gasteiger partial charge in [-0.1, -0.05) is 59.4 Å². The Morgan fingerprint density at radius 3 is 2.17 bits per heavy atom. The zero-order chi connectivity index (χ0) is 18.7. The maximum absolute atomic E-state index is 11.6. The molecule has 0 aliphatic carbocycles. The highest BCUT2D eigenvalue weighted by atomic mass is 16.5. The van der Waals surface area contributed by atoms with Crippen molar-refractivity contribution >= 4 is 5.97 Å². The molecule has 0 fully saturated rings. The average Bonchev–Trinajstić information content (AvgIpc) is 2.60. The lowest BCUT2D eigenvalue weighted by atomic mass is 10.0. The molecule has 0 aliphatic rings. The van der Waals surface area contributed by atoms with E-state index in [4.69, 9.17) is 4.74 Å². The number of nitrogens with one attached hydrogen (secondary N) is 1. The van der Waals surface area contributed by atoms with E-state index in [-0.39, 0.29) is 11.9 Å². The first-order valence-corrected chi connectivity index (χ1v) is 8.93. The largest absolute Gasteiger partial charge is 0.466 e. The number of carbonyl (C=O) groups excluding carboxylic acids is 1. The smallest absolute Gasteiger partial charge is 0.308 e. The van der Waals surface area contributed by atoms with Gasteiger partial charge in [-0.15, -0.1) is 0 Å². The van der Waals surface area contributed by atoms with Gasteiger partial charge in [0.15, 0.2) is 0 Å². The van der Waals surface area contributed by atoms with Gasteiger partial charge in [0.05, 0.1) is 12.5 Å². The van der Waals surface area contributed by atoms with Crippen LogP contribution < -0.4 is 5.32 Å². The number of ether oxygens (including phenoxy) is 1. The lowest BCUT2D eigenvalue weighted by molar-refractivity contribution is -0.148. The van der Waals surface area contributed by atoms with Crippen molar-refractivity contribution in [1.29, 1.82) is 0 Å². The maximum Gasteiger partial charge on any atom is 0.308 e. The molecule has 136 valence electrons. The van der Waals surface area contributed by atoms with Crippen molar-refractivity contribution in [3.05, 3.63) is 36.1 Å². The molecular formula is C20H39NO2. The van der Waals surface area contributed by atoms with Crippen LogP contribution in [0.1, 0.15) is 68.2 Å². The van der Waals surface area contributed by atoms with Crippen LogP contribution >= 0.6 is 0 Å². The van der Waals surface area contributed by atoms with E-state index >= 15 is 0 Å². The topological polar surface area (TPSA) is 38.3 Å². The average molecular weight is 326 g/mol. The highest BCUT2D eigenvalue weighted by molar-refractivity contribution is 5.72. The fourth-order valence-electron chi connectivity index (χ4n) is 1.66. The minimum atomic E-state index is -0.0864.